The molecule has 0 N–H and O–H groups in total. The van der Waals surface area contributed by atoms with Crippen molar-refractivity contribution in [1.29, 1.82) is 0 Å². The summed E-state index contributed by atoms with van der Waals surface area (Å²) in [6.45, 7) is 2.66. The van der Waals surface area contributed by atoms with E-state index in [9.17, 15) is 14.0 Å². The van der Waals surface area contributed by atoms with Gasteiger partial charge in [0, 0.05) is 6.54 Å². The summed E-state index contributed by atoms with van der Waals surface area (Å²) in [5, 5.41) is -0.199. The third-order valence-electron chi connectivity index (χ3n) is 4.64. The van der Waals surface area contributed by atoms with Crippen LogP contribution >= 0.6 is 11.8 Å². The molecule has 5 heteroatoms. The molecule has 23 heavy (non-hydrogen) atoms. The van der Waals surface area contributed by atoms with Crippen molar-refractivity contribution >= 4 is 29.0 Å². The van der Waals surface area contributed by atoms with Gasteiger partial charge in [-0.3, -0.25) is 14.5 Å². The first-order valence-corrected chi connectivity index (χ1v) is 8.79. The maximum atomic E-state index is 12.9. The maximum Gasteiger partial charge on any atom is 0.293 e. The molecule has 1 saturated heterocycles. The first-order valence-electron chi connectivity index (χ1n) is 7.98. The quantitative estimate of drug-likeness (QED) is 0.743. The maximum absolute atomic E-state index is 12.9. The molecule has 1 aliphatic carbocycles. The van der Waals surface area contributed by atoms with Crippen LogP contribution in [0.15, 0.2) is 29.2 Å². The Hall–Kier alpha value is -1.62. The molecule has 2 aliphatic rings. The van der Waals surface area contributed by atoms with Crippen molar-refractivity contribution in [2.24, 2.45) is 5.41 Å². The summed E-state index contributed by atoms with van der Waals surface area (Å²) in [4.78, 5) is 26.6. The summed E-state index contributed by atoms with van der Waals surface area (Å²) in [6.07, 6.45) is 7.35. The van der Waals surface area contributed by atoms with E-state index in [2.05, 4.69) is 6.92 Å². The minimum Gasteiger partial charge on any atom is -0.268 e. The summed E-state index contributed by atoms with van der Waals surface area (Å²) >= 11 is 0.973. The van der Waals surface area contributed by atoms with E-state index in [1.165, 1.54) is 23.5 Å². The zero-order chi connectivity index (χ0) is 16.4. The molecule has 0 atom stereocenters. The van der Waals surface area contributed by atoms with Crippen molar-refractivity contribution in [2.45, 2.75) is 39.0 Å². The largest absolute Gasteiger partial charge is 0.293 e. The first-order chi connectivity index (χ1) is 11.0. The van der Waals surface area contributed by atoms with Crippen molar-refractivity contribution in [3.8, 4) is 0 Å². The number of carbonyl (C=O) groups excluding carboxylic acids is 2. The van der Waals surface area contributed by atoms with Crippen LogP contribution in [-0.2, 0) is 4.79 Å². The number of benzene rings is 1. The number of amides is 2. The van der Waals surface area contributed by atoms with Gasteiger partial charge >= 0.3 is 0 Å². The molecule has 1 heterocycles. The van der Waals surface area contributed by atoms with Crippen LogP contribution in [0.2, 0.25) is 0 Å². The van der Waals surface area contributed by atoms with Gasteiger partial charge in [-0.1, -0.05) is 38.3 Å². The highest BCUT2D eigenvalue weighted by Gasteiger charge is 2.40. The Bertz CT molecular complexity index is 647. The van der Waals surface area contributed by atoms with E-state index in [0.29, 0.717) is 11.4 Å². The monoisotopic (exact) mass is 333 g/mol. The molecule has 1 aliphatic heterocycles. The lowest BCUT2D eigenvalue weighted by atomic mass is 9.75. The zero-order valence-electron chi connectivity index (χ0n) is 13.2. The molecule has 1 aromatic carbocycles. The van der Waals surface area contributed by atoms with Crippen LogP contribution in [0.1, 0.15) is 44.6 Å². The van der Waals surface area contributed by atoms with E-state index >= 15 is 0 Å². The van der Waals surface area contributed by atoms with Crippen LogP contribution in [0, 0.1) is 11.2 Å². The van der Waals surface area contributed by atoms with Crippen LogP contribution in [0.5, 0.6) is 0 Å². The van der Waals surface area contributed by atoms with E-state index in [1.54, 1.807) is 18.2 Å². The minimum absolute atomic E-state index is 0.0372. The number of hydrogen-bond acceptors (Lipinski definition) is 3. The third-order valence-corrected chi connectivity index (χ3v) is 5.55. The number of imide groups is 1. The molecule has 0 spiro atoms. The van der Waals surface area contributed by atoms with Crippen LogP contribution in [-0.4, -0.2) is 22.6 Å². The summed E-state index contributed by atoms with van der Waals surface area (Å²) in [5.41, 5.74) is 0.760. The van der Waals surface area contributed by atoms with Gasteiger partial charge < -0.3 is 0 Å². The molecule has 2 amide bonds. The number of thioether (sulfide) groups is 1. The molecule has 2 fully saturated rings. The Labute approximate surface area is 139 Å². The van der Waals surface area contributed by atoms with Gasteiger partial charge in [-0.15, -0.1) is 0 Å². The number of halogens is 1. The number of hydrogen-bond donors (Lipinski definition) is 0. The SMILES string of the molecule is CC1(CN2C(=O)SC(=Cc3ccc(F)cc3)C2=O)CCCCC1. The van der Waals surface area contributed by atoms with Crippen LogP contribution < -0.4 is 0 Å². The molecule has 3 rings (SSSR count). The Morgan fingerprint density at radius 1 is 1.17 bits per heavy atom. The number of carbonyl (C=O) groups is 2. The van der Waals surface area contributed by atoms with Gasteiger partial charge in [0.2, 0.25) is 0 Å². The molecule has 0 bridgehead atoms. The Morgan fingerprint density at radius 3 is 2.48 bits per heavy atom. The second-order valence-electron chi connectivity index (χ2n) is 6.69. The third kappa shape index (κ3) is 3.66. The number of nitrogens with zero attached hydrogens (tertiary/aromatic N) is 1. The summed E-state index contributed by atoms with van der Waals surface area (Å²) < 4.78 is 12.9. The predicted octanol–water partition coefficient (Wildman–Crippen LogP) is 4.83. The lowest BCUT2D eigenvalue weighted by molar-refractivity contribution is -0.124. The molecule has 0 unspecified atom stereocenters. The van der Waals surface area contributed by atoms with Gasteiger partial charge in [-0.25, -0.2) is 4.39 Å². The standard InChI is InChI=1S/C18H20FNO2S/c1-18(9-3-2-4-10-18)12-20-16(21)15(23-17(20)22)11-13-5-7-14(19)8-6-13/h5-8,11H,2-4,9-10,12H2,1H3. The fourth-order valence-electron chi connectivity index (χ4n) is 3.29. The highest BCUT2D eigenvalue weighted by atomic mass is 32.2. The Balaban J connectivity index is 1.75. The van der Waals surface area contributed by atoms with Crippen LogP contribution in [0.3, 0.4) is 0 Å². The van der Waals surface area contributed by atoms with Crippen molar-refractivity contribution in [3.05, 3.63) is 40.6 Å². The second kappa shape index (κ2) is 6.48. The average molecular weight is 333 g/mol. The van der Waals surface area contributed by atoms with E-state index in [1.807, 2.05) is 0 Å². The second-order valence-corrected chi connectivity index (χ2v) is 7.68. The smallest absolute Gasteiger partial charge is 0.268 e. The van der Waals surface area contributed by atoms with E-state index in [-0.39, 0.29) is 22.4 Å². The normalized spacial score (nSPS) is 22.9. The van der Waals surface area contributed by atoms with Crippen molar-refractivity contribution < 1.29 is 14.0 Å². The molecular weight excluding hydrogens is 313 g/mol. The van der Waals surface area contributed by atoms with E-state index in [4.69, 9.17) is 0 Å². The van der Waals surface area contributed by atoms with Crippen LogP contribution in [0.25, 0.3) is 6.08 Å². The van der Waals surface area contributed by atoms with E-state index < -0.39 is 0 Å². The topological polar surface area (TPSA) is 37.4 Å². The fraction of sp³-hybridized carbons (Fsp3) is 0.444. The van der Waals surface area contributed by atoms with Crippen LogP contribution in [0.4, 0.5) is 9.18 Å². The lowest BCUT2D eigenvalue weighted by Crippen LogP contribution is -2.39. The van der Waals surface area contributed by atoms with Gasteiger partial charge in [0.15, 0.2) is 0 Å². The van der Waals surface area contributed by atoms with Crippen molar-refractivity contribution in [1.82, 2.24) is 4.90 Å². The Kier molecular flexibility index (Phi) is 4.57. The summed E-state index contributed by atoms with van der Waals surface area (Å²) in [7, 11) is 0. The van der Waals surface area contributed by atoms with Crippen molar-refractivity contribution in [3.63, 3.8) is 0 Å². The fourth-order valence-corrected chi connectivity index (χ4v) is 4.13. The highest BCUT2D eigenvalue weighted by molar-refractivity contribution is 8.18. The highest BCUT2D eigenvalue weighted by Crippen LogP contribution is 2.40. The molecule has 0 radical (unpaired) electrons. The van der Waals surface area contributed by atoms with Gasteiger partial charge in [-0.05, 0) is 53.8 Å². The lowest BCUT2D eigenvalue weighted by Gasteiger charge is -2.35. The predicted molar refractivity (Wildman–Crippen MR) is 90.3 cm³/mol. The molecule has 1 saturated carbocycles. The summed E-state index contributed by atoms with van der Waals surface area (Å²) in [5.74, 6) is -0.545. The van der Waals surface area contributed by atoms with Gasteiger partial charge in [0.25, 0.3) is 11.1 Å². The van der Waals surface area contributed by atoms with Gasteiger partial charge in [0.1, 0.15) is 5.82 Å². The summed E-state index contributed by atoms with van der Waals surface area (Å²) in [6, 6.07) is 5.90. The zero-order valence-corrected chi connectivity index (χ0v) is 14.0. The Morgan fingerprint density at radius 2 is 1.83 bits per heavy atom. The molecule has 122 valence electrons. The first kappa shape index (κ1) is 16.2. The molecule has 3 nitrogen and oxygen atoms in total. The minimum atomic E-state index is -0.319. The van der Waals surface area contributed by atoms with Gasteiger partial charge in [-0.2, -0.15) is 0 Å². The van der Waals surface area contributed by atoms with E-state index in [0.717, 1.165) is 43.0 Å². The molecular formula is C18H20FNO2S. The molecule has 1 aromatic rings. The van der Waals surface area contributed by atoms with Gasteiger partial charge in [0.05, 0.1) is 4.91 Å². The van der Waals surface area contributed by atoms with Crippen molar-refractivity contribution in [2.75, 3.05) is 6.54 Å². The average Bonchev–Trinajstić information content (AvgIpc) is 2.78. The number of rotatable bonds is 3. The molecule has 0 aromatic heterocycles.